The standard InChI is InChI=1S/C14H14ClNO3/c1-9(15)12-7-8-13(19-12)14(18)16(2)10-3-5-11(17)6-4-10/h3-9,17H,1-2H3. The van der Waals surface area contributed by atoms with Crippen molar-refractivity contribution in [3.05, 3.63) is 47.9 Å². The van der Waals surface area contributed by atoms with Crippen LogP contribution < -0.4 is 4.90 Å². The lowest BCUT2D eigenvalue weighted by Gasteiger charge is -2.15. The summed E-state index contributed by atoms with van der Waals surface area (Å²) in [6.45, 7) is 1.78. The first kappa shape index (κ1) is 13.5. The Morgan fingerprint density at radius 2 is 1.89 bits per heavy atom. The highest BCUT2D eigenvalue weighted by Gasteiger charge is 2.18. The number of nitrogens with zero attached hydrogens (tertiary/aromatic N) is 1. The number of rotatable bonds is 3. The Bertz CT molecular complexity index is 575. The van der Waals surface area contributed by atoms with Crippen molar-refractivity contribution in [1.82, 2.24) is 0 Å². The van der Waals surface area contributed by atoms with Crippen molar-refractivity contribution in [3.63, 3.8) is 0 Å². The fourth-order valence-corrected chi connectivity index (χ4v) is 1.76. The van der Waals surface area contributed by atoms with Crippen LogP contribution in [0.25, 0.3) is 0 Å². The summed E-state index contributed by atoms with van der Waals surface area (Å²) in [7, 11) is 1.64. The number of anilines is 1. The summed E-state index contributed by atoms with van der Waals surface area (Å²) >= 11 is 5.89. The number of amides is 1. The normalized spacial score (nSPS) is 12.2. The molecule has 0 aliphatic heterocycles. The van der Waals surface area contributed by atoms with Crippen molar-refractivity contribution < 1.29 is 14.3 Å². The molecule has 0 aliphatic carbocycles. The van der Waals surface area contributed by atoms with Gasteiger partial charge in [-0.25, -0.2) is 0 Å². The molecule has 0 radical (unpaired) electrons. The second-order valence-electron chi connectivity index (χ2n) is 4.20. The minimum atomic E-state index is -0.277. The molecule has 1 atom stereocenters. The summed E-state index contributed by atoms with van der Waals surface area (Å²) in [5.74, 6) is 0.678. The molecule has 5 heteroatoms. The average molecular weight is 280 g/mol. The fraction of sp³-hybridized carbons (Fsp3) is 0.214. The largest absolute Gasteiger partial charge is 0.508 e. The van der Waals surface area contributed by atoms with Gasteiger partial charge in [0, 0.05) is 12.7 Å². The number of carbonyl (C=O) groups is 1. The molecule has 4 nitrogen and oxygen atoms in total. The summed E-state index contributed by atoms with van der Waals surface area (Å²) in [6.07, 6.45) is 0. The van der Waals surface area contributed by atoms with Gasteiger partial charge in [-0.3, -0.25) is 4.79 Å². The number of halogens is 1. The lowest BCUT2D eigenvalue weighted by Crippen LogP contribution is -2.25. The molecular formula is C14H14ClNO3. The molecule has 1 N–H and O–H groups in total. The Morgan fingerprint density at radius 3 is 2.42 bits per heavy atom. The predicted octanol–water partition coefficient (Wildman–Crippen LogP) is 3.56. The van der Waals surface area contributed by atoms with Crippen LogP contribution in [-0.2, 0) is 0 Å². The fourth-order valence-electron chi connectivity index (χ4n) is 1.64. The van der Waals surface area contributed by atoms with Gasteiger partial charge in [0.05, 0.1) is 5.38 Å². The van der Waals surface area contributed by atoms with E-state index in [4.69, 9.17) is 16.0 Å². The SMILES string of the molecule is CC(Cl)c1ccc(C(=O)N(C)c2ccc(O)cc2)o1. The van der Waals surface area contributed by atoms with Crippen LogP contribution in [0.15, 0.2) is 40.8 Å². The molecule has 0 spiro atoms. The van der Waals surface area contributed by atoms with E-state index in [9.17, 15) is 9.90 Å². The minimum Gasteiger partial charge on any atom is -0.508 e. The molecule has 19 heavy (non-hydrogen) atoms. The van der Waals surface area contributed by atoms with Crippen LogP contribution in [0.1, 0.15) is 28.6 Å². The van der Waals surface area contributed by atoms with E-state index in [-0.39, 0.29) is 22.8 Å². The molecule has 1 aromatic carbocycles. The van der Waals surface area contributed by atoms with Crippen molar-refractivity contribution >= 4 is 23.2 Å². The van der Waals surface area contributed by atoms with E-state index in [2.05, 4.69) is 0 Å². The van der Waals surface area contributed by atoms with E-state index in [1.807, 2.05) is 0 Å². The Balaban J connectivity index is 2.20. The number of furan rings is 1. The topological polar surface area (TPSA) is 53.7 Å². The van der Waals surface area contributed by atoms with Gasteiger partial charge in [-0.2, -0.15) is 0 Å². The molecule has 0 saturated heterocycles. The zero-order valence-electron chi connectivity index (χ0n) is 10.6. The van der Waals surface area contributed by atoms with E-state index in [0.29, 0.717) is 11.4 Å². The van der Waals surface area contributed by atoms with Crippen LogP contribution in [0.3, 0.4) is 0 Å². The molecule has 0 bridgehead atoms. The monoisotopic (exact) mass is 279 g/mol. The Morgan fingerprint density at radius 1 is 1.26 bits per heavy atom. The highest BCUT2D eigenvalue weighted by Crippen LogP contribution is 2.24. The highest BCUT2D eigenvalue weighted by atomic mass is 35.5. The van der Waals surface area contributed by atoms with Crippen LogP contribution in [0.2, 0.25) is 0 Å². The molecule has 2 rings (SSSR count). The molecule has 0 aliphatic rings. The second kappa shape index (κ2) is 5.36. The number of carbonyl (C=O) groups excluding carboxylic acids is 1. The van der Waals surface area contributed by atoms with Crippen LogP contribution in [0, 0.1) is 0 Å². The van der Waals surface area contributed by atoms with Crippen molar-refractivity contribution in [2.45, 2.75) is 12.3 Å². The molecule has 1 unspecified atom stereocenters. The summed E-state index contributed by atoms with van der Waals surface area (Å²) in [5.41, 5.74) is 0.666. The summed E-state index contributed by atoms with van der Waals surface area (Å²) in [5, 5.41) is 8.94. The van der Waals surface area contributed by atoms with E-state index in [1.165, 1.54) is 17.0 Å². The quantitative estimate of drug-likeness (QED) is 0.874. The Hall–Kier alpha value is -1.94. The molecule has 0 fully saturated rings. The first-order chi connectivity index (χ1) is 8.99. The lowest BCUT2D eigenvalue weighted by atomic mass is 10.2. The van der Waals surface area contributed by atoms with Gasteiger partial charge in [-0.1, -0.05) is 0 Å². The zero-order chi connectivity index (χ0) is 14.0. The maximum Gasteiger partial charge on any atom is 0.293 e. The summed E-state index contributed by atoms with van der Waals surface area (Å²) in [4.78, 5) is 13.6. The highest BCUT2D eigenvalue weighted by molar-refractivity contribution is 6.20. The third-order valence-electron chi connectivity index (χ3n) is 2.77. The Kier molecular flexibility index (Phi) is 3.81. The molecule has 0 saturated carbocycles. The van der Waals surface area contributed by atoms with Crippen molar-refractivity contribution in [2.75, 3.05) is 11.9 Å². The van der Waals surface area contributed by atoms with Crippen LogP contribution in [0.5, 0.6) is 5.75 Å². The average Bonchev–Trinajstić information content (AvgIpc) is 2.87. The molecule has 1 aromatic heterocycles. The van der Waals surface area contributed by atoms with Crippen LogP contribution in [-0.4, -0.2) is 18.1 Å². The van der Waals surface area contributed by atoms with Gasteiger partial charge in [0.25, 0.3) is 5.91 Å². The van der Waals surface area contributed by atoms with Gasteiger partial charge in [0.1, 0.15) is 11.5 Å². The smallest absolute Gasteiger partial charge is 0.293 e. The molecule has 1 heterocycles. The van der Waals surface area contributed by atoms with Gasteiger partial charge < -0.3 is 14.4 Å². The van der Waals surface area contributed by atoms with Crippen LogP contribution in [0.4, 0.5) is 5.69 Å². The van der Waals surface area contributed by atoms with E-state index in [0.717, 1.165) is 0 Å². The second-order valence-corrected chi connectivity index (χ2v) is 4.85. The summed E-state index contributed by atoms with van der Waals surface area (Å²) in [6, 6.07) is 9.65. The minimum absolute atomic E-state index is 0.154. The summed E-state index contributed by atoms with van der Waals surface area (Å²) < 4.78 is 5.40. The number of aromatic hydroxyl groups is 1. The van der Waals surface area contributed by atoms with E-state index >= 15 is 0 Å². The molecule has 2 aromatic rings. The van der Waals surface area contributed by atoms with Gasteiger partial charge >= 0.3 is 0 Å². The first-order valence-corrected chi connectivity index (χ1v) is 6.23. The van der Waals surface area contributed by atoms with E-state index < -0.39 is 0 Å². The van der Waals surface area contributed by atoms with Gasteiger partial charge in [-0.05, 0) is 43.3 Å². The number of hydrogen-bond donors (Lipinski definition) is 1. The molecule has 1 amide bonds. The van der Waals surface area contributed by atoms with Crippen molar-refractivity contribution in [1.29, 1.82) is 0 Å². The number of phenolic OH excluding ortho intramolecular Hbond substituents is 1. The lowest BCUT2D eigenvalue weighted by molar-refractivity contribution is 0.0965. The van der Waals surface area contributed by atoms with Gasteiger partial charge in [0.15, 0.2) is 5.76 Å². The number of phenols is 1. The third-order valence-corrected chi connectivity index (χ3v) is 2.99. The number of alkyl halides is 1. The third kappa shape index (κ3) is 2.90. The Labute approximate surface area is 116 Å². The zero-order valence-corrected chi connectivity index (χ0v) is 11.4. The molecule has 100 valence electrons. The van der Waals surface area contributed by atoms with E-state index in [1.54, 1.807) is 38.2 Å². The number of hydrogen-bond acceptors (Lipinski definition) is 3. The number of benzene rings is 1. The van der Waals surface area contributed by atoms with Crippen molar-refractivity contribution in [2.24, 2.45) is 0 Å². The first-order valence-electron chi connectivity index (χ1n) is 5.80. The van der Waals surface area contributed by atoms with Gasteiger partial charge in [-0.15, -0.1) is 11.6 Å². The molecular weight excluding hydrogens is 266 g/mol. The predicted molar refractivity (Wildman–Crippen MR) is 73.8 cm³/mol. The maximum atomic E-state index is 12.2. The van der Waals surface area contributed by atoms with Crippen LogP contribution >= 0.6 is 11.6 Å². The van der Waals surface area contributed by atoms with Gasteiger partial charge in [0.2, 0.25) is 0 Å². The van der Waals surface area contributed by atoms with Crippen molar-refractivity contribution in [3.8, 4) is 5.75 Å². The maximum absolute atomic E-state index is 12.2.